The highest BCUT2D eigenvalue weighted by molar-refractivity contribution is 6.43. The Morgan fingerprint density at radius 1 is 1.00 bits per heavy atom. The fourth-order valence-electron chi connectivity index (χ4n) is 5.43. The van der Waals surface area contributed by atoms with E-state index in [4.69, 9.17) is 27.6 Å². The smallest absolute Gasteiger partial charge is 0.254 e. The van der Waals surface area contributed by atoms with Gasteiger partial charge >= 0.3 is 0 Å². The molecule has 0 radical (unpaired) electrons. The predicted octanol–water partition coefficient (Wildman–Crippen LogP) is 4.64. The van der Waals surface area contributed by atoms with Crippen molar-refractivity contribution < 1.29 is 14.0 Å². The van der Waals surface area contributed by atoms with Crippen molar-refractivity contribution in [2.45, 2.75) is 6.42 Å². The Hall–Kier alpha value is -2.37. The molecular weight excluding hydrogens is 411 g/mol. The number of carbonyl (C=O) groups is 2. The highest BCUT2D eigenvalue weighted by Crippen LogP contribution is 2.65. The van der Waals surface area contributed by atoms with Crippen LogP contribution in [-0.2, 0) is 9.59 Å². The van der Waals surface area contributed by atoms with Gasteiger partial charge in [-0.3, -0.25) is 9.59 Å². The lowest BCUT2D eigenvalue weighted by Crippen LogP contribution is -2.40. The van der Waals surface area contributed by atoms with Crippen LogP contribution < -0.4 is 0 Å². The third-order valence-electron chi connectivity index (χ3n) is 6.78. The summed E-state index contributed by atoms with van der Waals surface area (Å²) in [6.45, 7) is 0. The maximum atomic E-state index is 12.9. The zero-order chi connectivity index (χ0) is 19.9. The maximum Gasteiger partial charge on any atom is 0.254 e. The van der Waals surface area contributed by atoms with Crippen LogP contribution in [0.2, 0.25) is 10.0 Å². The Balaban J connectivity index is 1.26. The van der Waals surface area contributed by atoms with Crippen molar-refractivity contribution in [3.63, 3.8) is 0 Å². The van der Waals surface area contributed by atoms with Crippen molar-refractivity contribution in [2.75, 3.05) is 0 Å². The van der Waals surface area contributed by atoms with Crippen LogP contribution in [0.15, 0.2) is 52.0 Å². The monoisotopic (exact) mass is 426 g/mol. The first-order valence-corrected chi connectivity index (χ1v) is 10.4. The molecule has 1 aromatic heterocycles. The van der Waals surface area contributed by atoms with Gasteiger partial charge in [0.2, 0.25) is 0 Å². The summed E-state index contributed by atoms with van der Waals surface area (Å²) in [5.74, 6) is 1.59. The fraction of sp³-hybridized carbons (Fsp3) is 0.318. The number of allylic oxidation sites excluding steroid dienone is 2. The van der Waals surface area contributed by atoms with E-state index in [9.17, 15) is 9.59 Å². The fourth-order valence-corrected chi connectivity index (χ4v) is 5.82. The molecule has 1 saturated heterocycles. The van der Waals surface area contributed by atoms with Crippen LogP contribution in [0.5, 0.6) is 0 Å². The lowest BCUT2D eigenvalue weighted by atomic mass is 9.63. The summed E-state index contributed by atoms with van der Waals surface area (Å²) in [7, 11) is 0. The molecule has 3 fully saturated rings. The molecule has 29 heavy (non-hydrogen) atoms. The van der Waals surface area contributed by atoms with E-state index in [0.29, 0.717) is 39.0 Å². The standard InChI is InChI=1S/C22H16Cl2N2O3/c23-16-3-1-2-13(20(16)24)17-7-4-10(29-17)9-25-26-21(27)18-11-5-6-12(15-8-14(11)15)19(18)22(26)28/h1-7,9,11-12,14-15,18-19H,8H2. The molecule has 2 heterocycles. The van der Waals surface area contributed by atoms with Crippen LogP contribution in [0.3, 0.4) is 0 Å². The maximum absolute atomic E-state index is 12.9. The van der Waals surface area contributed by atoms with Crippen molar-refractivity contribution >= 4 is 41.2 Å². The minimum absolute atomic E-state index is 0.187. The average Bonchev–Trinajstić information content (AvgIpc) is 3.36. The lowest BCUT2D eigenvalue weighted by Gasteiger charge is -2.37. The van der Waals surface area contributed by atoms with Crippen LogP contribution in [0.4, 0.5) is 0 Å². The van der Waals surface area contributed by atoms with Gasteiger partial charge in [0, 0.05) is 5.56 Å². The van der Waals surface area contributed by atoms with Gasteiger partial charge in [0.15, 0.2) is 0 Å². The molecule has 2 amide bonds. The summed E-state index contributed by atoms with van der Waals surface area (Å²) in [6.07, 6.45) is 6.84. The number of rotatable bonds is 3. The third-order valence-corrected chi connectivity index (χ3v) is 7.60. The second kappa shape index (κ2) is 6.07. The van der Waals surface area contributed by atoms with E-state index >= 15 is 0 Å². The molecule has 2 saturated carbocycles. The number of halogens is 2. The number of hydrazone groups is 1. The molecule has 0 N–H and O–H groups in total. The average molecular weight is 427 g/mol. The van der Waals surface area contributed by atoms with Gasteiger partial charge in [0.1, 0.15) is 11.5 Å². The molecule has 5 aliphatic rings. The van der Waals surface area contributed by atoms with E-state index in [1.807, 2.05) is 0 Å². The predicted molar refractivity (Wildman–Crippen MR) is 108 cm³/mol. The zero-order valence-electron chi connectivity index (χ0n) is 15.2. The van der Waals surface area contributed by atoms with Gasteiger partial charge in [-0.25, -0.2) is 0 Å². The van der Waals surface area contributed by atoms with Crippen LogP contribution in [0, 0.1) is 35.5 Å². The summed E-state index contributed by atoms with van der Waals surface area (Å²) in [5.41, 5.74) is 0.667. The Morgan fingerprint density at radius 2 is 1.69 bits per heavy atom. The minimum Gasteiger partial charge on any atom is -0.455 e. The summed E-state index contributed by atoms with van der Waals surface area (Å²) >= 11 is 12.3. The molecule has 1 aliphatic heterocycles. The second-order valence-corrected chi connectivity index (χ2v) is 8.98. The number of amides is 2. The quantitative estimate of drug-likeness (QED) is 0.407. The topological polar surface area (TPSA) is 62.9 Å². The van der Waals surface area contributed by atoms with E-state index in [0.717, 1.165) is 11.4 Å². The van der Waals surface area contributed by atoms with Gasteiger partial charge in [-0.2, -0.15) is 10.1 Å². The largest absolute Gasteiger partial charge is 0.455 e. The summed E-state index contributed by atoms with van der Waals surface area (Å²) in [6, 6.07) is 8.77. The molecule has 7 rings (SSSR count). The van der Waals surface area contributed by atoms with Gasteiger partial charge in [-0.05, 0) is 54.4 Å². The molecule has 0 spiro atoms. The molecule has 2 bridgehead atoms. The van der Waals surface area contributed by atoms with E-state index in [1.54, 1.807) is 30.3 Å². The van der Waals surface area contributed by atoms with Gasteiger partial charge in [-0.15, -0.1) is 0 Å². The molecule has 146 valence electrons. The van der Waals surface area contributed by atoms with Crippen molar-refractivity contribution in [2.24, 2.45) is 40.6 Å². The lowest BCUT2D eigenvalue weighted by molar-refractivity contribution is -0.140. The van der Waals surface area contributed by atoms with Gasteiger partial charge in [0.25, 0.3) is 11.8 Å². The molecule has 5 nitrogen and oxygen atoms in total. The van der Waals surface area contributed by atoms with Crippen LogP contribution in [-0.4, -0.2) is 23.0 Å². The number of nitrogens with zero attached hydrogens (tertiary/aromatic N) is 2. The minimum atomic E-state index is -0.254. The van der Waals surface area contributed by atoms with Gasteiger partial charge in [0.05, 0.1) is 28.1 Å². The van der Waals surface area contributed by atoms with Crippen LogP contribution in [0.1, 0.15) is 12.2 Å². The molecule has 6 unspecified atom stereocenters. The first-order chi connectivity index (χ1) is 14.0. The molecular formula is C22H16Cl2N2O3. The summed E-state index contributed by atoms with van der Waals surface area (Å²) < 4.78 is 5.78. The Bertz CT molecular complexity index is 1090. The molecule has 2 aromatic rings. The zero-order valence-corrected chi connectivity index (χ0v) is 16.7. The van der Waals surface area contributed by atoms with E-state index in [1.165, 1.54) is 6.21 Å². The van der Waals surface area contributed by atoms with E-state index in [-0.39, 0.29) is 35.5 Å². The van der Waals surface area contributed by atoms with E-state index in [2.05, 4.69) is 17.3 Å². The van der Waals surface area contributed by atoms with Crippen molar-refractivity contribution in [1.82, 2.24) is 5.01 Å². The van der Waals surface area contributed by atoms with E-state index < -0.39 is 0 Å². The second-order valence-electron chi connectivity index (χ2n) is 8.19. The highest BCUT2D eigenvalue weighted by Gasteiger charge is 2.67. The van der Waals surface area contributed by atoms with Gasteiger partial charge in [-0.1, -0.05) is 41.4 Å². The SMILES string of the molecule is O=C1C2C3C=CC(C4CC34)C2C(=O)N1N=Cc1ccc(-c2cccc(Cl)c2Cl)o1. The van der Waals surface area contributed by atoms with Crippen molar-refractivity contribution in [3.8, 4) is 11.3 Å². The summed E-state index contributed by atoms with van der Waals surface area (Å²) in [5, 5.41) is 6.08. The first-order valence-electron chi connectivity index (χ1n) is 9.69. The number of hydrogen-bond acceptors (Lipinski definition) is 4. The Labute approximate surface area is 177 Å². The van der Waals surface area contributed by atoms with Crippen LogP contribution >= 0.6 is 23.2 Å². The normalized spacial score (nSPS) is 34.2. The molecule has 4 aliphatic carbocycles. The summed E-state index contributed by atoms with van der Waals surface area (Å²) in [4.78, 5) is 25.9. The number of furan rings is 1. The third kappa shape index (κ3) is 2.44. The number of hydrogen-bond donors (Lipinski definition) is 0. The van der Waals surface area contributed by atoms with Crippen LogP contribution in [0.25, 0.3) is 11.3 Å². The highest BCUT2D eigenvalue weighted by atomic mass is 35.5. The molecule has 1 aromatic carbocycles. The molecule has 6 atom stereocenters. The van der Waals surface area contributed by atoms with Gasteiger partial charge < -0.3 is 4.42 Å². The van der Waals surface area contributed by atoms with Crippen molar-refractivity contribution in [3.05, 3.63) is 58.3 Å². The molecule has 7 heteroatoms. The number of benzene rings is 1. The Kier molecular flexibility index (Phi) is 3.66. The van der Waals surface area contributed by atoms with Crippen molar-refractivity contribution in [1.29, 1.82) is 0 Å². The first kappa shape index (κ1) is 17.5. The Morgan fingerprint density at radius 3 is 2.38 bits per heavy atom. The number of carbonyl (C=O) groups excluding carboxylic acids is 2. The number of imide groups is 1.